The number of nitrogens with two attached hydrogens (primary N) is 1. The minimum atomic E-state index is -0.494. The zero-order valence-corrected chi connectivity index (χ0v) is 19.5. The minimum Gasteiger partial charge on any atom is -0.366 e. The van der Waals surface area contributed by atoms with Crippen LogP contribution in [0.3, 0.4) is 0 Å². The van der Waals surface area contributed by atoms with Crippen LogP contribution in [-0.2, 0) is 11.3 Å². The molecule has 4 aliphatic rings. The predicted octanol–water partition coefficient (Wildman–Crippen LogP) is 4.85. The van der Waals surface area contributed by atoms with Crippen molar-refractivity contribution in [2.45, 2.75) is 85.1 Å². The molecule has 1 amide bonds. The molecule has 31 heavy (non-hydrogen) atoms. The Morgan fingerprint density at radius 2 is 1.81 bits per heavy atom. The van der Waals surface area contributed by atoms with Crippen molar-refractivity contribution in [2.75, 3.05) is 0 Å². The number of ketones is 1. The molecule has 0 saturated heterocycles. The molecule has 0 spiro atoms. The van der Waals surface area contributed by atoms with Crippen LogP contribution in [-0.4, -0.2) is 21.5 Å². The zero-order valence-electron chi connectivity index (χ0n) is 19.5. The predicted molar refractivity (Wildman–Crippen MR) is 120 cm³/mol. The SMILES string of the molecule is C[C@H]1CCC2(C)C(CCC3C2CCC2(C)C3CC[C@@H]2C(=O)Cn2cc(C(N)=O)cn2)C1. The second-order valence-electron chi connectivity index (χ2n) is 12.0. The lowest BCUT2D eigenvalue weighted by molar-refractivity contribution is -0.137. The molecule has 4 saturated carbocycles. The van der Waals surface area contributed by atoms with Crippen LogP contribution in [0, 0.1) is 46.3 Å². The second kappa shape index (κ2) is 7.45. The van der Waals surface area contributed by atoms with Gasteiger partial charge in [-0.15, -0.1) is 0 Å². The van der Waals surface area contributed by atoms with E-state index in [4.69, 9.17) is 5.73 Å². The molecular formula is C26H39N3O2. The topological polar surface area (TPSA) is 78.0 Å². The second-order valence-corrected chi connectivity index (χ2v) is 12.0. The van der Waals surface area contributed by atoms with Gasteiger partial charge in [-0.05, 0) is 91.8 Å². The number of fused-ring (bicyclic) bond motifs is 5. The van der Waals surface area contributed by atoms with Gasteiger partial charge in [0.2, 0.25) is 0 Å². The number of amides is 1. The highest BCUT2D eigenvalue weighted by molar-refractivity contribution is 5.92. The van der Waals surface area contributed by atoms with Crippen LogP contribution in [0.2, 0.25) is 0 Å². The van der Waals surface area contributed by atoms with Crippen LogP contribution in [0.1, 0.15) is 88.9 Å². The van der Waals surface area contributed by atoms with Crippen LogP contribution >= 0.6 is 0 Å². The lowest BCUT2D eigenvalue weighted by atomic mass is 9.44. The Balaban J connectivity index is 1.32. The van der Waals surface area contributed by atoms with Crippen molar-refractivity contribution >= 4 is 11.7 Å². The van der Waals surface area contributed by atoms with Crippen LogP contribution in [0.5, 0.6) is 0 Å². The van der Waals surface area contributed by atoms with Gasteiger partial charge in [0.15, 0.2) is 5.78 Å². The summed E-state index contributed by atoms with van der Waals surface area (Å²) in [6.07, 6.45) is 14.8. The lowest BCUT2D eigenvalue weighted by Crippen LogP contribution is -2.53. The molecule has 0 aromatic carbocycles. The molecule has 0 radical (unpaired) electrons. The molecule has 170 valence electrons. The fourth-order valence-corrected chi connectivity index (χ4v) is 8.85. The molecular weight excluding hydrogens is 386 g/mol. The van der Waals surface area contributed by atoms with Crippen LogP contribution < -0.4 is 5.73 Å². The number of hydrogen-bond donors (Lipinski definition) is 1. The summed E-state index contributed by atoms with van der Waals surface area (Å²) in [7, 11) is 0. The Kier molecular flexibility index (Phi) is 5.10. The Hall–Kier alpha value is -1.65. The molecule has 5 nitrogen and oxygen atoms in total. The molecule has 0 aliphatic heterocycles. The maximum Gasteiger partial charge on any atom is 0.251 e. The summed E-state index contributed by atoms with van der Waals surface area (Å²) in [6, 6.07) is 0. The van der Waals surface area contributed by atoms with Crippen molar-refractivity contribution in [1.29, 1.82) is 0 Å². The van der Waals surface area contributed by atoms with Crippen LogP contribution in [0.15, 0.2) is 12.4 Å². The van der Waals surface area contributed by atoms with Gasteiger partial charge in [0.1, 0.15) is 0 Å². The number of aromatic nitrogens is 2. The summed E-state index contributed by atoms with van der Waals surface area (Å²) in [4.78, 5) is 24.7. The van der Waals surface area contributed by atoms with E-state index in [9.17, 15) is 9.59 Å². The highest BCUT2D eigenvalue weighted by Gasteiger charge is 2.60. The number of carbonyl (C=O) groups is 2. The number of primary amides is 1. The van der Waals surface area contributed by atoms with E-state index in [2.05, 4.69) is 25.9 Å². The zero-order chi connectivity index (χ0) is 22.0. The number of carbonyl (C=O) groups excluding carboxylic acids is 2. The van der Waals surface area contributed by atoms with Gasteiger partial charge in [-0.2, -0.15) is 5.10 Å². The molecule has 4 aliphatic carbocycles. The molecule has 6 unspecified atom stereocenters. The summed E-state index contributed by atoms with van der Waals surface area (Å²) in [5, 5.41) is 4.20. The van der Waals surface area contributed by atoms with Gasteiger partial charge in [0.05, 0.1) is 18.3 Å². The average molecular weight is 426 g/mol. The summed E-state index contributed by atoms with van der Waals surface area (Å²) in [5.74, 6) is 4.08. The smallest absolute Gasteiger partial charge is 0.251 e. The first-order valence-corrected chi connectivity index (χ1v) is 12.6. The fourth-order valence-electron chi connectivity index (χ4n) is 8.85. The van der Waals surface area contributed by atoms with Crippen molar-refractivity contribution in [3.05, 3.63) is 18.0 Å². The first kappa shape index (κ1) is 21.2. The van der Waals surface area contributed by atoms with Crippen molar-refractivity contribution in [1.82, 2.24) is 9.78 Å². The van der Waals surface area contributed by atoms with E-state index in [0.717, 1.165) is 30.1 Å². The molecule has 0 bridgehead atoms. The van der Waals surface area contributed by atoms with Gasteiger partial charge in [-0.1, -0.05) is 27.2 Å². The molecule has 1 heterocycles. The third kappa shape index (κ3) is 3.29. The number of Topliss-reactive ketones (excluding diaryl/α,β-unsaturated/α-hetero) is 1. The van der Waals surface area contributed by atoms with E-state index in [1.54, 1.807) is 10.9 Å². The van der Waals surface area contributed by atoms with E-state index < -0.39 is 5.91 Å². The standard InChI is InChI=1S/C26H39N3O2/c1-16-8-10-25(2)18(12-16)4-5-19-20-6-7-22(26(20,3)11-9-21(19)25)23(30)15-29-14-17(13-28-29)24(27)31/h13-14,16,18-22H,4-12,15H2,1-3H3,(H2,27,31)/t16-,18?,19?,20?,21?,22+,25?,26?/m0/s1. The van der Waals surface area contributed by atoms with E-state index in [1.165, 1.54) is 57.6 Å². The van der Waals surface area contributed by atoms with Gasteiger partial charge in [0.25, 0.3) is 5.91 Å². The van der Waals surface area contributed by atoms with E-state index in [1.807, 2.05) is 0 Å². The van der Waals surface area contributed by atoms with Gasteiger partial charge in [-0.3, -0.25) is 14.3 Å². The summed E-state index contributed by atoms with van der Waals surface area (Å²) in [5.41, 5.74) is 6.36. The summed E-state index contributed by atoms with van der Waals surface area (Å²) >= 11 is 0. The molecule has 8 atom stereocenters. The molecule has 1 aromatic heterocycles. The van der Waals surface area contributed by atoms with Crippen molar-refractivity contribution < 1.29 is 9.59 Å². The summed E-state index contributed by atoms with van der Waals surface area (Å²) in [6.45, 7) is 7.74. The van der Waals surface area contributed by atoms with Crippen molar-refractivity contribution in [3.63, 3.8) is 0 Å². The Labute approximate surface area is 186 Å². The monoisotopic (exact) mass is 425 g/mol. The van der Waals surface area contributed by atoms with E-state index in [0.29, 0.717) is 16.9 Å². The highest BCUT2D eigenvalue weighted by atomic mass is 16.1. The van der Waals surface area contributed by atoms with Gasteiger partial charge in [0, 0.05) is 12.1 Å². The molecule has 4 fully saturated rings. The Morgan fingerprint density at radius 3 is 2.55 bits per heavy atom. The maximum atomic E-state index is 13.4. The third-order valence-corrected chi connectivity index (χ3v) is 10.6. The lowest BCUT2D eigenvalue weighted by Gasteiger charge is -2.61. The molecule has 5 rings (SSSR count). The van der Waals surface area contributed by atoms with Crippen molar-refractivity contribution in [3.8, 4) is 0 Å². The van der Waals surface area contributed by atoms with E-state index in [-0.39, 0.29) is 23.7 Å². The Morgan fingerprint density at radius 1 is 1.06 bits per heavy atom. The molecule has 2 N–H and O–H groups in total. The van der Waals surface area contributed by atoms with Crippen LogP contribution in [0.25, 0.3) is 0 Å². The fraction of sp³-hybridized carbons (Fsp3) is 0.808. The van der Waals surface area contributed by atoms with Gasteiger partial charge < -0.3 is 5.73 Å². The molecule has 1 aromatic rings. The third-order valence-electron chi connectivity index (χ3n) is 10.6. The Bertz CT molecular complexity index is 878. The maximum absolute atomic E-state index is 13.4. The first-order chi connectivity index (χ1) is 14.7. The first-order valence-electron chi connectivity index (χ1n) is 12.6. The van der Waals surface area contributed by atoms with Gasteiger partial charge >= 0.3 is 0 Å². The van der Waals surface area contributed by atoms with Gasteiger partial charge in [-0.25, -0.2) is 0 Å². The molecule has 5 heteroatoms. The quantitative estimate of drug-likeness (QED) is 0.749. The highest BCUT2D eigenvalue weighted by Crippen LogP contribution is 2.67. The minimum absolute atomic E-state index is 0.122. The normalized spacial score (nSPS) is 44.2. The van der Waals surface area contributed by atoms with E-state index >= 15 is 0 Å². The van der Waals surface area contributed by atoms with Crippen molar-refractivity contribution in [2.24, 2.45) is 52.1 Å². The number of hydrogen-bond acceptors (Lipinski definition) is 3. The average Bonchev–Trinajstić information content (AvgIpc) is 3.32. The number of rotatable bonds is 4. The number of nitrogens with zero attached hydrogens (tertiary/aromatic N) is 2. The largest absolute Gasteiger partial charge is 0.366 e. The van der Waals surface area contributed by atoms with Crippen LogP contribution in [0.4, 0.5) is 0 Å². The summed E-state index contributed by atoms with van der Waals surface area (Å²) < 4.78 is 1.60.